The van der Waals surface area contributed by atoms with E-state index in [1.165, 1.54) is 49.8 Å². The average molecular weight is 398 g/mol. The lowest BCUT2D eigenvalue weighted by Crippen LogP contribution is -2.27. The van der Waals surface area contributed by atoms with Gasteiger partial charge >= 0.3 is 0 Å². The molecule has 0 aliphatic carbocycles. The molecule has 1 aliphatic heterocycles. The molecule has 1 heteroatoms. The third-order valence-corrected chi connectivity index (χ3v) is 6.32. The molecule has 148 valence electrons. The van der Waals surface area contributed by atoms with E-state index < -0.39 is 0 Å². The molecule has 0 saturated heterocycles. The maximum atomic E-state index is 2.56. The van der Waals surface area contributed by atoms with Crippen molar-refractivity contribution in [2.75, 3.05) is 4.90 Å². The Morgan fingerprint density at radius 1 is 0.452 bits per heavy atom. The Bertz CT molecular complexity index is 1270. The molecule has 0 radical (unpaired) electrons. The molecule has 5 aromatic rings. The van der Waals surface area contributed by atoms with Gasteiger partial charge in [-0.3, -0.25) is 0 Å². The monoisotopic (exact) mass is 397 g/mol. The molecule has 1 nitrogen and oxygen atoms in total. The zero-order valence-electron chi connectivity index (χ0n) is 17.3. The molecular weight excluding hydrogens is 374 g/mol. The van der Waals surface area contributed by atoms with Crippen LogP contribution in [0, 0.1) is 0 Å². The van der Waals surface area contributed by atoms with Gasteiger partial charge in [-0.1, -0.05) is 115 Å². The first-order valence-electron chi connectivity index (χ1n) is 10.9. The molecule has 0 amide bonds. The Balaban J connectivity index is 1.57. The van der Waals surface area contributed by atoms with E-state index in [2.05, 4.69) is 120 Å². The van der Waals surface area contributed by atoms with Gasteiger partial charge in [-0.15, -0.1) is 0 Å². The van der Waals surface area contributed by atoms with Gasteiger partial charge in [0.2, 0.25) is 0 Å². The van der Waals surface area contributed by atoms with Crippen LogP contribution in [0.3, 0.4) is 0 Å². The highest BCUT2D eigenvalue weighted by Gasteiger charge is 2.23. The zero-order chi connectivity index (χ0) is 20.6. The Morgan fingerprint density at radius 3 is 1.45 bits per heavy atom. The third kappa shape index (κ3) is 3.10. The van der Waals surface area contributed by atoms with Crippen molar-refractivity contribution in [3.8, 4) is 22.3 Å². The molecule has 0 fully saturated rings. The number of benzene rings is 5. The van der Waals surface area contributed by atoms with Gasteiger partial charge in [-0.2, -0.15) is 0 Å². The fourth-order valence-corrected chi connectivity index (χ4v) is 4.98. The maximum absolute atomic E-state index is 2.56. The van der Waals surface area contributed by atoms with Crippen LogP contribution < -0.4 is 4.90 Å². The predicted molar refractivity (Wildman–Crippen MR) is 131 cm³/mol. The SMILES string of the molecule is c1ccc(-c2cccc(-c3ccccc3)c2N2Cc3cccc4cccc(c34)C2)cc1. The minimum absolute atomic E-state index is 0.915. The van der Waals surface area contributed by atoms with Crippen molar-refractivity contribution in [1.82, 2.24) is 0 Å². The summed E-state index contributed by atoms with van der Waals surface area (Å²) in [6.07, 6.45) is 0. The van der Waals surface area contributed by atoms with E-state index in [4.69, 9.17) is 0 Å². The van der Waals surface area contributed by atoms with Crippen molar-refractivity contribution in [3.05, 3.63) is 126 Å². The first-order chi connectivity index (χ1) is 15.4. The summed E-state index contributed by atoms with van der Waals surface area (Å²) >= 11 is 0. The molecule has 0 spiro atoms. The van der Waals surface area contributed by atoms with Gasteiger partial charge < -0.3 is 4.90 Å². The summed E-state index contributed by atoms with van der Waals surface area (Å²) in [5.74, 6) is 0. The Hall–Kier alpha value is -3.84. The van der Waals surface area contributed by atoms with Crippen molar-refractivity contribution in [1.29, 1.82) is 0 Å². The van der Waals surface area contributed by atoms with Crippen molar-refractivity contribution in [3.63, 3.8) is 0 Å². The second-order valence-corrected chi connectivity index (χ2v) is 8.22. The van der Waals surface area contributed by atoms with Crippen LogP contribution in [0.5, 0.6) is 0 Å². The van der Waals surface area contributed by atoms with Crippen LogP contribution in [0.2, 0.25) is 0 Å². The molecule has 1 aliphatic rings. The lowest BCUT2D eigenvalue weighted by molar-refractivity contribution is 0.790. The molecule has 5 aromatic carbocycles. The summed E-state index contributed by atoms with van der Waals surface area (Å²) < 4.78 is 0. The van der Waals surface area contributed by atoms with E-state index >= 15 is 0 Å². The summed E-state index contributed by atoms with van der Waals surface area (Å²) in [4.78, 5) is 2.56. The summed E-state index contributed by atoms with van der Waals surface area (Å²) in [5.41, 5.74) is 9.20. The number of rotatable bonds is 3. The highest BCUT2D eigenvalue weighted by atomic mass is 15.1. The molecule has 0 N–H and O–H groups in total. The summed E-state index contributed by atoms with van der Waals surface area (Å²) in [7, 11) is 0. The molecular formula is C30H23N. The average Bonchev–Trinajstić information content (AvgIpc) is 2.85. The fraction of sp³-hybridized carbons (Fsp3) is 0.0667. The molecule has 6 rings (SSSR count). The Kier molecular flexibility index (Phi) is 4.32. The van der Waals surface area contributed by atoms with Gasteiger partial charge in [-0.25, -0.2) is 0 Å². The second-order valence-electron chi connectivity index (χ2n) is 8.22. The largest absolute Gasteiger partial charge is 0.362 e. The number of nitrogens with zero attached hydrogens (tertiary/aromatic N) is 1. The van der Waals surface area contributed by atoms with Gasteiger partial charge in [0.25, 0.3) is 0 Å². The minimum atomic E-state index is 0.915. The number of hydrogen-bond donors (Lipinski definition) is 0. The van der Waals surface area contributed by atoms with E-state index in [1.54, 1.807) is 0 Å². The van der Waals surface area contributed by atoms with Gasteiger partial charge in [0.1, 0.15) is 0 Å². The van der Waals surface area contributed by atoms with E-state index in [1.807, 2.05) is 0 Å². The molecule has 31 heavy (non-hydrogen) atoms. The van der Waals surface area contributed by atoms with Crippen LogP contribution in [0.1, 0.15) is 11.1 Å². The number of anilines is 1. The van der Waals surface area contributed by atoms with Crippen LogP contribution in [0.4, 0.5) is 5.69 Å². The molecule has 0 atom stereocenters. The van der Waals surface area contributed by atoms with Gasteiger partial charge in [-0.05, 0) is 33.0 Å². The van der Waals surface area contributed by atoms with Crippen LogP contribution in [0.25, 0.3) is 33.0 Å². The summed E-state index contributed by atoms with van der Waals surface area (Å²) in [6, 6.07) is 41.6. The maximum Gasteiger partial charge on any atom is 0.0531 e. The normalized spacial score (nSPS) is 12.8. The lowest BCUT2D eigenvalue weighted by atomic mass is 9.91. The standard InChI is InChI=1S/C30H23N/c1-3-10-22(11-4-1)27-18-9-19-28(23-12-5-2-6-13-23)30(27)31-20-25-16-7-14-24-15-8-17-26(21-31)29(24)25/h1-19H,20-21H2. The topological polar surface area (TPSA) is 3.24 Å². The number of para-hydroxylation sites is 1. The van der Waals surface area contributed by atoms with E-state index in [0.717, 1.165) is 13.1 Å². The molecule has 0 bridgehead atoms. The van der Waals surface area contributed by atoms with Gasteiger partial charge in [0.05, 0.1) is 5.69 Å². The van der Waals surface area contributed by atoms with Gasteiger partial charge in [0.15, 0.2) is 0 Å². The van der Waals surface area contributed by atoms with Crippen LogP contribution >= 0.6 is 0 Å². The first-order valence-corrected chi connectivity index (χ1v) is 10.9. The smallest absolute Gasteiger partial charge is 0.0531 e. The summed E-state index contributed by atoms with van der Waals surface area (Å²) in [6.45, 7) is 1.83. The second kappa shape index (κ2) is 7.45. The van der Waals surface area contributed by atoms with Crippen molar-refractivity contribution in [2.45, 2.75) is 13.1 Å². The Morgan fingerprint density at radius 2 is 0.935 bits per heavy atom. The highest BCUT2D eigenvalue weighted by Crippen LogP contribution is 2.43. The zero-order valence-corrected chi connectivity index (χ0v) is 17.3. The van der Waals surface area contributed by atoms with Gasteiger partial charge in [0, 0.05) is 24.2 Å². The Labute approximate surface area is 183 Å². The summed E-state index contributed by atoms with van der Waals surface area (Å²) in [5, 5.41) is 2.77. The van der Waals surface area contributed by atoms with E-state index in [9.17, 15) is 0 Å². The molecule has 1 heterocycles. The predicted octanol–water partition coefficient (Wildman–Crippen LogP) is 7.69. The third-order valence-electron chi connectivity index (χ3n) is 6.32. The van der Waals surface area contributed by atoms with Crippen molar-refractivity contribution in [2.24, 2.45) is 0 Å². The highest BCUT2D eigenvalue weighted by molar-refractivity contribution is 5.94. The molecule has 0 aromatic heterocycles. The quantitative estimate of drug-likeness (QED) is 0.301. The number of hydrogen-bond acceptors (Lipinski definition) is 1. The fourth-order valence-electron chi connectivity index (χ4n) is 4.98. The van der Waals surface area contributed by atoms with Crippen LogP contribution in [-0.4, -0.2) is 0 Å². The molecule has 0 unspecified atom stereocenters. The van der Waals surface area contributed by atoms with Crippen molar-refractivity contribution >= 4 is 16.5 Å². The molecule has 0 saturated carbocycles. The van der Waals surface area contributed by atoms with E-state index in [-0.39, 0.29) is 0 Å². The minimum Gasteiger partial charge on any atom is -0.362 e. The van der Waals surface area contributed by atoms with Crippen LogP contribution in [0.15, 0.2) is 115 Å². The lowest BCUT2D eigenvalue weighted by Gasteiger charge is -2.34. The van der Waals surface area contributed by atoms with Crippen molar-refractivity contribution < 1.29 is 0 Å². The first kappa shape index (κ1) is 18.0. The van der Waals surface area contributed by atoms with E-state index in [0.29, 0.717) is 0 Å². The van der Waals surface area contributed by atoms with Crippen LogP contribution in [-0.2, 0) is 13.1 Å².